The highest BCUT2D eigenvalue weighted by molar-refractivity contribution is 7.89. The van der Waals surface area contributed by atoms with Crippen LogP contribution in [-0.4, -0.2) is 27.2 Å². The molecule has 2 aromatic carbocycles. The van der Waals surface area contributed by atoms with Crippen LogP contribution in [0.3, 0.4) is 0 Å². The number of amides is 1. The molecule has 29 heavy (non-hydrogen) atoms. The van der Waals surface area contributed by atoms with Gasteiger partial charge in [-0.2, -0.15) is 0 Å². The highest BCUT2D eigenvalue weighted by Crippen LogP contribution is 2.23. The van der Waals surface area contributed by atoms with E-state index in [1.807, 2.05) is 0 Å². The van der Waals surface area contributed by atoms with Gasteiger partial charge in [-0.15, -0.1) is 13.2 Å². The van der Waals surface area contributed by atoms with Gasteiger partial charge in [0.15, 0.2) is 0 Å². The Labute approximate surface area is 164 Å². The molecule has 6 nitrogen and oxygen atoms in total. The average molecular weight is 434 g/mol. The maximum absolute atomic E-state index is 13.7. The van der Waals surface area contributed by atoms with Gasteiger partial charge in [-0.3, -0.25) is 4.79 Å². The highest BCUT2D eigenvalue weighted by Gasteiger charge is 2.31. The smallest absolute Gasteiger partial charge is 0.406 e. The quantitative estimate of drug-likeness (QED) is 0.625. The van der Waals surface area contributed by atoms with Crippen molar-refractivity contribution in [3.8, 4) is 5.75 Å². The molecule has 1 unspecified atom stereocenters. The van der Waals surface area contributed by atoms with Crippen molar-refractivity contribution in [1.29, 1.82) is 0 Å². The van der Waals surface area contributed by atoms with Gasteiger partial charge in [-0.1, -0.05) is 18.2 Å². The number of halogens is 4. The monoisotopic (exact) mass is 434 g/mol. The molecule has 0 spiro atoms. The third-order valence-electron chi connectivity index (χ3n) is 3.76. The second kappa shape index (κ2) is 9.23. The minimum absolute atomic E-state index is 0.215. The van der Waals surface area contributed by atoms with Crippen LogP contribution in [0.25, 0.3) is 0 Å². The molecule has 1 atom stereocenters. The molecule has 0 radical (unpaired) electrons. The van der Waals surface area contributed by atoms with E-state index >= 15 is 0 Å². The lowest BCUT2D eigenvalue weighted by atomic mass is 10.1. The molecule has 2 aromatic rings. The standard InChI is InChI=1S/C18H18F4N2O4S/c1-12(15-4-2-3-5-16(15)19)24-17(25)10-11-23-29(26,27)14-8-6-13(7-9-14)28-18(20,21)22/h2-9,12,23H,10-11H2,1H3,(H,24,25). The first kappa shape index (κ1) is 22.6. The summed E-state index contributed by atoms with van der Waals surface area (Å²) in [6.07, 6.45) is -5.10. The van der Waals surface area contributed by atoms with E-state index in [2.05, 4.69) is 14.8 Å². The summed E-state index contributed by atoms with van der Waals surface area (Å²) in [6, 6.07) is 8.95. The fourth-order valence-corrected chi connectivity index (χ4v) is 3.45. The van der Waals surface area contributed by atoms with Gasteiger partial charge in [0.2, 0.25) is 15.9 Å². The summed E-state index contributed by atoms with van der Waals surface area (Å²) in [4.78, 5) is 11.7. The first-order valence-corrected chi connectivity index (χ1v) is 9.85. The molecule has 2 rings (SSSR count). The molecule has 0 aliphatic heterocycles. The molecule has 0 fully saturated rings. The number of alkyl halides is 3. The number of hydrogen-bond acceptors (Lipinski definition) is 4. The van der Waals surface area contributed by atoms with E-state index in [1.54, 1.807) is 13.0 Å². The van der Waals surface area contributed by atoms with Crippen molar-refractivity contribution in [3.05, 3.63) is 59.9 Å². The topological polar surface area (TPSA) is 84.5 Å². The Kier molecular flexibility index (Phi) is 7.20. The van der Waals surface area contributed by atoms with Crippen molar-refractivity contribution in [3.63, 3.8) is 0 Å². The van der Waals surface area contributed by atoms with Gasteiger partial charge in [-0.25, -0.2) is 17.5 Å². The van der Waals surface area contributed by atoms with E-state index in [-0.39, 0.29) is 17.9 Å². The molecule has 0 bridgehead atoms. The van der Waals surface area contributed by atoms with Crippen LogP contribution in [0.5, 0.6) is 5.75 Å². The summed E-state index contributed by atoms with van der Waals surface area (Å²) >= 11 is 0. The van der Waals surface area contributed by atoms with E-state index < -0.39 is 39.9 Å². The first-order chi connectivity index (χ1) is 13.5. The van der Waals surface area contributed by atoms with Gasteiger partial charge in [0.1, 0.15) is 11.6 Å². The van der Waals surface area contributed by atoms with Gasteiger partial charge in [-0.05, 0) is 37.3 Å². The van der Waals surface area contributed by atoms with Crippen LogP contribution in [-0.2, 0) is 14.8 Å². The lowest BCUT2D eigenvalue weighted by molar-refractivity contribution is -0.274. The zero-order valence-electron chi connectivity index (χ0n) is 15.2. The maximum atomic E-state index is 13.7. The van der Waals surface area contributed by atoms with Crippen LogP contribution >= 0.6 is 0 Å². The summed E-state index contributed by atoms with van der Waals surface area (Å²) in [5.74, 6) is -1.53. The molecule has 0 saturated heterocycles. The molecule has 0 saturated carbocycles. The number of carbonyl (C=O) groups is 1. The summed E-state index contributed by atoms with van der Waals surface area (Å²) < 4.78 is 80.2. The number of sulfonamides is 1. The summed E-state index contributed by atoms with van der Waals surface area (Å²) in [5, 5.41) is 2.56. The van der Waals surface area contributed by atoms with Crippen LogP contribution in [0.15, 0.2) is 53.4 Å². The zero-order chi connectivity index (χ0) is 21.7. The Morgan fingerprint density at radius 3 is 2.31 bits per heavy atom. The normalized spacial score (nSPS) is 13.0. The van der Waals surface area contributed by atoms with E-state index in [4.69, 9.17) is 0 Å². The Morgan fingerprint density at radius 1 is 1.10 bits per heavy atom. The lowest BCUT2D eigenvalue weighted by Crippen LogP contribution is -2.32. The lowest BCUT2D eigenvalue weighted by Gasteiger charge is -2.15. The second-order valence-electron chi connectivity index (χ2n) is 5.98. The van der Waals surface area contributed by atoms with Gasteiger partial charge in [0.25, 0.3) is 0 Å². The largest absolute Gasteiger partial charge is 0.573 e. The molecule has 158 valence electrons. The predicted octanol–water partition coefficient (Wildman–Crippen LogP) is 3.27. The summed E-state index contributed by atoms with van der Waals surface area (Å²) in [7, 11) is -4.03. The van der Waals surface area contributed by atoms with Crippen LogP contribution in [0.1, 0.15) is 24.9 Å². The van der Waals surface area contributed by atoms with Crippen LogP contribution in [0.4, 0.5) is 17.6 Å². The Morgan fingerprint density at radius 2 is 1.72 bits per heavy atom. The third-order valence-corrected chi connectivity index (χ3v) is 5.24. The van der Waals surface area contributed by atoms with Gasteiger partial charge in [0, 0.05) is 18.5 Å². The first-order valence-electron chi connectivity index (χ1n) is 8.37. The molecule has 0 aromatic heterocycles. The molecule has 0 aliphatic rings. The number of nitrogens with one attached hydrogen (secondary N) is 2. The van der Waals surface area contributed by atoms with Gasteiger partial charge in [0.05, 0.1) is 10.9 Å². The van der Waals surface area contributed by atoms with Crippen LogP contribution in [0.2, 0.25) is 0 Å². The van der Waals surface area contributed by atoms with E-state index in [0.29, 0.717) is 5.56 Å². The van der Waals surface area contributed by atoms with Crippen LogP contribution in [0, 0.1) is 5.82 Å². The molecule has 0 heterocycles. The van der Waals surface area contributed by atoms with Crippen molar-refractivity contribution < 1.29 is 35.5 Å². The van der Waals surface area contributed by atoms with Gasteiger partial charge < -0.3 is 10.1 Å². The number of hydrogen-bond donors (Lipinski definition) is 2. The Hall–Kier alpha value is -2.66. The van der Waals surface area contributed by atoms with Crippen molar-refractivity contribution in [2.75, 3.05) is 6.54 Å². The van der Waals surface area contributed by atoms with E-state index in [1.165, 1.54) is 18.2 Å². The Balaban J connectivity index is 1.87. The van der Waals surface area contributed by atoms with E-state index in [0.717, 1.165) is 24.3 Å². The SMILES string of the molecule is CC(NC(=O)CCNS(=O)(=O)c1ccc(OC(F)(F)F)cc1)c1ccccc1F. The van der Waals surface area contributed by atoms with E-state index in [9.17, 15) is 30.8 Å². The summed E-state index contributed by atoms with van der Waals surface area (Å²) in [6.45, 7) is 1.34. The number of ether oxygens (including phenoxy) is 1. The number of carbonyl (C=O) groups excluding carboxylic acids is 1. The molecule has 1 amide bonds. The number of benzene rings is 2. The predicted molar refractivity (Wildman–Crippen MR) is 95.9 cm³/mol. The molecule has 0 aliphatic carbocycles. The van der Waals surface area contributed by atoms with Crippen molar-refractivity contribution in [1.82, 2.24) is 10.0 Å². The van der Waals surface area contributed by atoms with Crippen molar-refractivity contribution in [2.24, 2.45) is 0 Å². The molecule has 2 N–H and O–H groups in total. The Bertz CT molecular complexity index is 947. The van der Waals surface area contributed by atoms with Crippen molar-refractivity contribution >= 4 is 15.9 Å². The van der Waals surface area contributed by atoms with Crippen molar-refractivity contribution in [2.45, 2.75) is 30.6 Å². The average Bonchev–Trinajstić information content (AvgIpc) is 2.61. The fraction of sp³-hybridized carbons (Fsp3) is 0.278. The minimum Gasteiger partial charge on any atom is -0.406 e. The summed E-state index contributed by atoms with van der Waals surface area (Å²) in [5.41, 5.74) is 0.294. The molecular formula is C18H18F4N2O4S. The third kappa shape index (κ3) is 7.02. The minimum atomic E-state index is -4.88. The second-order valence-corrected chi connectivity index (χ2v) is 7.74. The highest BCUT2D eigenvalue weighted by atomic mass is 32.2. The maximum Gasteiger partial charge on any atom is 0.573 e. The number of rotatable bonds is 8. The zero-order valence-corrected chi connectivity index (χ0v) is 16.0. The molecule has 11 heteroatoms. The van der Waals surface area contributed by atoms with Gasteiger partial charge >= 0.3 is 6.36 Å². The van der Waals surface area contributed by atoms with Crippen LogP contribution < -0.4 is 14.8 Å². The fourth-order valence-electron chi connectivity index (χ4n) is 2.42. The molecular weight excluding hydrogens is 416 g/mol.